The minimum Gasteiger partial charge on any atom is -0.493 e. The highest BCUT2D eigenvalue weighted by Gasteiger charge is 2.31. The van der Waals surface area contributed by atoms with Crippen molar-refractivity contribution in [1.29, 1.82) is 0 Å². The Morgan fingerprint density at radius 3 is 2.40 bits per heavy atom. The third-order valence-corrected chi connectivity index (χ3v) is 8.71. The SMILES string of the molecule is COc1ccc(S(=O)(=O)N2CCC(Oc3cccc(CN(C)Cc4ccsc4)c3)CC2)cc1OC. The predicted octanol–water partition coefficient (Wildman–Crippen LogP) is 4.63. The molecule has 3 aromatic rings. The summed E-state index contributed by atoms with van der Waals surface area (Å²) in [5.74, 6) is 1.72. The maximum Gasteiger partial charge on any atom is 0.243 e. The second-order valence-electron chi connectivity index (χ2n) is 8.69. The van der Waals surface area contributed by atoms with E-state index >= 15 is 0 Å². The Labute approximate surface area is 211 Å². The standard InChI is InChI=1S/C26H32N2O5S2/c1-27(18-21-11-14-34-19-21)17-20-5-4-6-23(15-20)33-22-9-12-28(13-10-22)35(29,30)24-7-8-25(31-2)26(16-24)32-3/h4-8,11,14-16,19,22H,9-10,12-13,17-18H2,1-3H3. The molecule has 1 fully saturated rings. The second-order valence-corrected chi connectivity index (χ2v) is 11.4. The normalized spacial score (nSPS) is 15.3. The first-order chi connectivity index (χ1) is 16.9. The molecule has 0 N–H and O–H groups in total. The van der Waals surface area contributed by atoms with Crippen molar-refractivity contribution in [1.82, 2.24) is 9.21 Å². The molecule has 0 atom stereocenters. The first-order valence-corrected chi connectivity index (χ1v) is 13.9. The Bertz CT molecular complexity index is 1210. The second kappa shape index (κ2) is 11.4. The van der Waals surface area contributed by atoms with E-state index in [-0.39, 0.29) is 11.0 Å². The summed E-state index contributed by atoms with van der Waals surface area (Å²) in [6, 6.07) is 15.0. The molecule has 0 aliphatic carbocycles. The van der Waals surface area contributed by atoms with Crippen molar-refractivity contribution in [2.75, 3.05) is 34.4 Å². The molecule has 4 rings (SSSR count). The average molecular weight is 517 g/mol. The van der Waals surface area contributed by atoms with Gasteiger partial charge in [0.05, 0.1) is 19.1 Å². The minimum absolute atomic E-state index is 0.0226. The van der Waals surface area contributed by atoms with E-state index in [4.69, 9.17) is 14.2 Å². The van der Waals surface area contributed by atoms with Crippen LogP contribution in [0.4, 0.5) is 0 Å². The number of sulfonamides is 1. The molecule has 1 aromatic heterocycles. The van der Waals surface area contributed by atoms with Crippen molar-refractivity contribution in [3.8, 4) is 17.2 Å². The number of hydrogen-bond donors (Lipinski definition) is 0. The van der Waals surface area contributed by atoms with E-state index < -0.39 is 10.0 Å². The van der Waals surface area contributed by atoms with Gasteiger partial charge in [-0.2, -0.15) is 15.6 Å². The van der Waals surface area contributed by atoms with Crippen molar-refractivity contribution in [3.05, 3.63) is 70.4 Å². The number of benzene rings is 2. The van der Waals surface area contributed by atoms with Crippen LogP contribution >= 0.6 is 11.3 Å². The smallest absolute Gasteiger partial charge is 0.243 e. The van der Waals surface area contributed by atoms with Gasteiger partial charge in [0.25, 0.3) is 0 Å². The molecule has 7 nitrogen and oxygen atoms in total. The van der Waals surface area contributed by atoms with Crippen molar-refractivity contribution < 1.29 is 22.6 Å². The van der Waals surface area contributed by atoms with E-state index in [0.717, 1.165) is 18.8 Å². The molecule has 1 aliphatic heterocycles. The molecule has 35 heavy (non-hydrogen) atoms. The van der Waals surface area contributed by atoms with Gasteiger partial charge in [0.2, 0.25) is 10.0 Å². The van der Waals surface area contributed by atoms with Gasteiger partial charge in [-0.15, -0.1) is 0 Å². The monoisotopic (exact) mass is 516 g/mol. The maximum absolute atomic E-state index is 13.2. The Morgan fingerprint density at radius 2 is 1.71 bits per heavy atom. The zero-order chi connectivity index (χ0) is 24.8. The zero-order valence-corrected chi connectivity index (χ0v) is 22.0. The third kappa shape index (κ3) is 6.35. The Kier molecular flexibility index (Phi) is 8.33. The topological polar surface area (TPSA) is 68.3 Å². The summed E-state index contributed by atoms with van der Waals surface area (Å²) < 4.78 is 44.6. The fourth-order valence-corrected chi connectivity index (χ4v) is 6.43. The van der Waals surface area contributed by atoms with E-state index in [9.17, 15) is 8.42 Å². The molecule has 2 heterocycles. The summed E-state index contributed by atoms with van der Waals surface area (Å²) in [7, 11) is 1.51. The fraction of sp³-hybridized carbons (Fsp3) is 0.385. The first-order valence-electron chi connectivity index (χ1n) is 11.6. The average Bonchev–Trinajstić information content (AvgIpc) is 3.37. The zero-order valence-electron chi connectivity index (χ0n) is 20.3. The van der Waals surface area contributed by atoms with Crippen LogP contribution < -0.4 is 14.2 Å². The van der Waals surface area contributed by atoms with Gasteiger partial charge in [0.15, 0.2) is 11.5 Å². The van der Waals surface area contributed by atoms with Gasteiger partial charge in [-0.3, -0.25) is 4.90 Å². The van der Waals surface area contributed by atoms with Crippen LogP contribution in [-0.4, -0.2) is 58.1 Å². The molecule has 0 radical (unpaired) electrons. The lowest BCUT2D eigenvalue weighted by Crippen LogP contribution is -2.41. The summed E-state index contributed by atoms with van der Waals surface area (Å²) in [6.45, 7) is 2.55. The van der Waals surface area contributed by atoms with Gasteiger partial charge in [-0.25, -0.2) is 8.42 Å². The van der Waals surface area contributed by atoms with Gasteiger partial charge >= 0.3 is 0 Å². The summed E-state index contributed by atoms with van der Waals surface area (Å²) in [4.78, 5) is 2.48. The molecule has 0 bridgehead atoms. The number of rotatable bonds is 10. The Balaban J connectivity index is 1.33. The van der Waals surface area contributed by atoms with Gasteiger partial charge in [0.1, 0.15) is 11.9 Å². The highest BCUT2D eigenvalue weighted by atomic mass is 32.2. The van der Waals surface area contributed by atoms with Crippen molar-refractivity contribution in [2.45, 2.75) is 36.9 Å². The molecule has 0 spiro atoms. The van der Waals surface area contributed by atoms with E-state index in [1.807, 2.05) is 12.1 Å². The Morgan fingerprint density at radius 1 is 0.971 bits per heavy atom. The summed E-state index contributed by atoms with van der Waals surface area (Å²) in [5.41, 5.74) is 2.51. The van der Waals surface area contributed by atoms with Gasteiger partial charge in [-0.1, -0.05) is 12.1 Å². The first kappa shape index (κ1) is 25.5. The molecule has 0 amide bonds. The van der Waals surface area contributed by atoms with Crippen LogP contribution in [0, 0.1) is 0 Å². The minimum atomic E-state index is -3.62. The van der Waals surface area contributed by atoms with Gasteiger partial charge in [0, 0.05) is 32.2 Å². The van der Waals surface area contributed by atoms with Crippen LogP contribution in [0.3, 0.4) is 0 Å². The van der Waals surface area contributed by atoms with Crippen molar-refractivity contribution >= 4 is 21.4 Å². The van der Waals surface area contributed by atoms with E-state index in [1.165, 1.54) is 35.7 Å². The van der Waals surface area contributed by atoms with Crippen LogP contribution in [0.25, 0.3) is 0 Å². The summed E-state index contributed by atoms with van der Waals surface area (Å²) >= 11 is 1.71. The molecular formula is C26H32N2O5S2. The molecular weight excluding hydrogens is 484 g/mol. The molecule has 188 valence electrons. The fourth-order valence-electron chi connectivity index (χ4n) is 4.29. The largest absolute Gasteiger partial charge is 0.493 e. The van der Waals surface area contributed by atoms with Crippen LogP contribution in [0.15, 0.2) is 64.2 Å². The molecule has 2 aromatic carbocycles. The maximum atomic E-state index is 13.2. The lowest BCUT2D eigenvalue weighted by molar-refractivity contribution is 0.135. The number of ether oxygens (including phenoxy) is 3. The lowest BCUT2D eigenvalue weighted by Gasteiger charge is -2.31. The molecule has 1 saturated heterocycles. The van der Waals surface area contributed by atoms with E-state index in [0.29, 0.717) is 37.4 Å². The van der Waals surface area contributed by atoms with Crippen LogP contribution in [0.1, 0.15) is 24.0 Å². The quantitative estimate of drug-likeness (QED) is 0.391. The van der Waals surface area contributed by atoms with Gasteiger partial charge < -0.3 is 14.2 Å². The number of methoxy groups -OCH3 is 2. The summed E-state index contributed by atoms with van der Waals surface area (Å²) in [6.07, 6.45) is 1.24. The van der Waals surface area contributed by atoms with Gasteiger partial charge in [-0.05, 0) is 72.1 Å². The lowest BCUT2D eigenvalue weighted by atomic mass is 10.1. The molecule has 9 heteroatoms. The summed E-state index contributed by atoms with van der Waals surface area (Å²) in [5, 5.41) is 4.27. The highest BCUT2D eigenvalue weighted by Crippen LogP contribution is 2.32. The van der Waals surface area contributed by atoms with Crippen LogP contribution in [-0.2, 0) is 23.1 Å². The Hall–Kier alpha value is -2.59. The third-order valence-electron chi connectivity index (χ3n) is 6.08. The van der Waals surface area contributed by atoms with Crippen LogP contribution in [0.2, 0.25) is 0 Å². The molecule has 1 aliphatic rings. The number of piperidine rings is 1. The van der Waals surface area contributed by atoms with Crippen molar-refractivity contribution in [2.24, 2.45) is 0 Å². The predicted molar refractivity (Wildman–Crippen MR) is 138 cm³/mol. The number of nitrogens with zero attached hydrogens (tertiary/aromatic N) is 2. The number of thiophene rings is 1. The highest BCUT2D eigenvalue weighted by molar-refractivity contribution is 7.89. The van der Waals surface area contributed by atoms with E-state index in [1.54, 1.807) is 23.5 Å². The van der Waals surface area contributed by atoms with Crippen LogP contribution in [0.5, 0.6) is 17.2 Å². The molecule has 0 unspecified atom stereocenters. The van der Waals surface area contributed by atoms with Crippen molar-refractivity contribution in [3.63, 3.8) is 0 Å². The number of hydrogen-bond acceptors (Lipinski definition) is 7. The van der Waals surface area contributed by atoms with E-state index in [2.05, 4.69) is 40.9 Å². The molecule has 0 saturated carbocycles.